The van der Waals surface area contributed by atoms with Gasteiger partial charge in [0.2, 0.25) is 0 Å². The lowest BCUT2D eigenvalue weighted by molar-refractivity contribution is -0.192. The molecule has 10 nitrogen and oxygen atoms in total. The third kappa shape index (κ3) is 6.20. The van der Waals surface area contributed by atoms with E-state index in [1.165, 1.54) is 0 Å². The Morgan fingerprint density at radius 1 is 1.27 bits per heavy atom. The van der Waals surface area contributed by atoms with Gasteiger partial charge in [-0.05, 0) is 19.1 Å². The van der Waals surface area contributed by atoms with Crippen LogP contribution >= 0.6 is 0 Å². The predicted molar refractivity (Wildman–Crippen MR) is 110 cm³/mol. The van der Waals surface area contributed by atoms with E-state index in [2.05, 4.69) is 15.0 Å². The summed E-state index contributed by atoms with van der Waals surface area (Å²) in [5.74, 6) is -1.91. The van der Waals surface area contributed by atoms with Crippen molar-refractivity contribution in [3.8, 4) is 0 Å². The number of nitrogens with zero attached hydrogens (tertiary/aromatic N) is 5. The second kappa shape index (κ2) is 9.75. The van der Waals surface area contributed by atoms with Crippen LogP contribution in [-0.4, -0.2) is 83.0 Å². The number of hydrogen-bond donors (Lipinski definition) is 1. The molecule has 4 heterocycles. The van der Waals surface area contributed by atoms with E-state index in [0.717, 1.165) is 23.7 Å². The van der Waals surface area contributed by atoms with Crippen LogP contribution in [0.25, 0.3) is 0 Å². The first-order chi connectivity index (χ1) is 15.5. The Morgan fingerprint density at radius 2 is 2.00 bits per heavy atom. The number of pyridine rings is 1. The summed E-state index contributed by atoms with van der Waals surface area (Å²) in [5, 5.41) is 11.3. The molecule has 1 atom stereocenters. The van der Waals surface area contributed by atoms with Crippen LogP contribution in [0.5, 0.6) is 0 Å². The highest BCUT2D eigenvalue weighted by Gasteiger charge is 2.44. The number of alkyl halides is 3. The van der Waals surface area contributed by atoms with Gasteiger partial charge in [0, 0.05) is 25.5 Å². The maximum Gasteiger partial charge on any atom is 0.490 e. The zero-order chi connectivity index (χ0) is 24.2. The molecule has 2 aliphatic heterocycles. The Bertz CT molecular complexity index is 998. The monoisotopic (exact) mass is 471 g/mol. The molecular formula is C20H24F3N5O5. The molecule has 180 valence electrons. The lowest BCUT2D eigenvalue weighted by Gasteiger charge is -2.42. The fraction of sp³-hybridized carbons (Fsp3) is 0.500. The number of carbonyl (C=O) groups excluding carboxylic acids is 1. The Morgan fingerprint density at radius 3 is 2.61 bits per heavy atom. The van der Waals surface area contributed by atoms with Crippen LogP contribution in [0.4, 0.5) is 24.7 Å². The average Bonchev–Trinajstić information content (AvgIpc) is 3.07. The van der Waals surface area contributed by atoms with E-state index >= 15 is 0 Å². The van der Waals surface area contributed by atoms with Gasteiger partial charge in [0.25, 0.3) is 5.91 Å². The fourth-order valence-electron chi connectivity index (χ4n) is 3.49. The average molecular weight is 471 g/mol. The van der Waals surface area contributed by atoms with Crippen molar-refractivity contribution in [1.29, 1.82) is 0 Å². The van der Waals surface area contributed by atoms with Crippen LogP contribution in [0.3, 0.4) is 0 Å². The van der Waals surface area contributed by atoms with Crippen molar-refractivity contribution in [3.63, 3.8) is 0 Å². The highest BCUT2D eigenvalue weighted by molar-refractivity contribution is 5.95. The van der Waals surface area contributed by atoms with Gasteiger partial charge in [0.15, 0.2) is 0 Å². The molecule has 1 unspecified atom stereocenters. The minimum absolute atomic E-state index is 0.0351. The molecule has 2 aliphatic rings. The molecule has 0 bridgehead atoms. The maximum absolute atomic E-state index is 12.4. The van der Waals surface area contributed by atoms with Crippen LogP contribution in [0.1, 0.15) is 5.69 Å². The van der Waals surface area contributed by atoms with Gasteiger partial charge in [-0.25, -0.2) is 9.78 Å². The molecule has 0 aliphatic carbocycles. The Kier molecular flexibility index (Phi) is 7.22. The quantitative estimate of drug-likeness (QED) is 0.700. The largest absolute Gasteiger partial charge is 0.490 e. The molecule has 1 N–H and O–H groups in total. The maximum atomic E-state index is 12.4. The minimum atomic E-state index is -5.08. The number of ether oxygens (including phenoxy) is 2. The van der Waals surface area contributed by atoms with Crippen molar-refractivity contribution in [2.45, 2.75) is 18.7 Å². The third-order valence-electron chi connectivity index (χ3n) is 5.04. The number of amides is 1. The molecule has 1 amide bonds. The van der Waals surface area contributed by atoms with Gasteiger partial charge < -0.3 is 24.4 Å². The molecule has 33 heavy (non-hydrogen) atoms. The van der Waals surface area contributed by atoms with E-state index in [1.807, 2.05) is 38.4 Å². The van der Waals surface area contributed by atoms with Gasteiger partial charge in [0.05, 0.1) is 38.2 Å². The number of morpholine rings is 1. The molecule has 2 saturated heterocycles. The van der Waals surface area contributed by atoms with E-state index in [1.54, 1.807) is 15.8 Å². The molecule has 1 spiro atoms. The number of halogens is 3. The number of rotatable bonds is 2. The zero-order valence-electron chi connectivity index (χ0n) is 18.1. The van der Waals surface area contributed by atoms with E-state index in [4.69, 9.17) is 19.4 Å². The van der Waals surface area contributed by atoms with Crippen LogP contribution in [0.2, 0.25) is 0 Å². The predicted octanol–water partition coefficient (Wildman–Crippen LogP) is 1.40. The summed E-state index contributed by atoms with van der Waals surface area (Å²) in [4.78, 5) is 29.9. The number of carboxylic acids is 1. The number of aryl methyl sites for hydroxylation is 2. The lowest BCUT2D eigenvalue weighted by Crippen LogP contribution is -2.61. The van der Waals surface area contributed by atoms with E-state index in [9.17, 15) is 18.0 Å². The second-order valence-corrected chi connectivity index (χ2v) is 7.74. The first kappa shape index (κ1) is 24.5. The molecule has 13 heteroatoms. The molecule has 0 saturated carbocycles. The Balaban J connectivity index is 0.000000383. The number of aliphatic carboxylic acids is 1. The van der Waals surface area contributed by atoms with Gasteiger partial charge >= 0.3 is 12.1 Å². The van der Waals surface area contributed by atoms with Crippen molar-refractivity contribution in [3.05, 3.63) is 36.3 Å². The minimum Gasteiger partial charge on any atom is -0.475 e. The summed E-state index contributed by atoms with van der Waals surface area (Å²) in [6.45, 7) is 4.84. The smallest absolute Gasteiger partial charge is 0.475 e. The van der Waals surface area contributed by atoms with Gasteiger partial charge in [-0.1, -0.05) is 6.07 Å². The molecule has 0 radical (unpaired) electrons. The topological polar surface area (TPSA) is 110 Å². The molecule has 2 aromatic rings. The molecule has 2 fully saturated rings. The third-order valence-corrected chi connectivity index (χ3v) is 5.04. The molecule has 2 aromatic heterocycles. The molecule has 0 aromatic carbocycles. The van der Waals surface area contributed by atoms with Gasteiger partial charge in [-0.2, -0.15) is 18.3 Å². The molecule has 4 rings (SSSR count). The molecular weight excluding hydrogens is 447 g/mol. The van der Waals surface area contributed by atoms with Gasteiger partial charge in [-0.15, -0.1) is 0 Å². The summed E-state index contributed by atoms with van der Waals surface area (Å²) in [6.07, 6.45) is -1.54. The van der Waals surface area contributed by atoms with Crippen LogP contribution in [-0.2, 0) is 26.1 Å². The zero-order valence-corrected chi connectivity index (χ0v) is 18.1. The van der Waals surface area contributed by atoms with E-state index in [-0.39, 0.29) is 12.5 Å². The fourth-order valence-corrected chi connectivity index (χ4v) is 3.49. The normalized spacial score (nSPS) is 21.4. The van der Waals surface area contributed by atoms with Crippen molar-refractivity contribution in [2.24, 2.45) is 7.05 Å². The number of carboxylic acid groups (broad SMARTS) is 1. The van der Waals surface area contributed by atoms with Crippen molar-refractivity contribution in [1.82, 2.24) is 14.8 Å². The van der Waals surface area contributed by atoms with Crippen LogP contribution in [0.15, 0.2) is 30.6 Å². The van der Waals surface area contributed by atoms with Crippen LogP contribution < -0.4 is 9.80 Å². The summed E-state index contributed by atoms with van der Waals surface area (Å²) in [5.41, 5.74) is 1.16. The number of carbonyl (C=O) groups is 2. The number of aromatic nitrogens is 3. The lowest BCUT2D eigenvalue weighted by atomic mass is 10.0. The highest BCUT2D eigenvalue weighted by atomic mass is 19.4. The Hall–Kier alpha value is -3.19. The van der Waals surface area contributed by atoms with Crippen molar-refractivity contribution in [2.75, 3.05) is 49.3 Å². The van der Waals surface area contributed by atoms with E-state index in [0.29, 0.717) is 26.3 Å². The SMILES string of the molecule is Cc1cccc(N2CCOCC3(C2)CN(c2cnn(C)c2)C(=O)CO3)n1.O=C(O)C(F)(F)F. The summed E-state index contributed by atoms with van der Waals surface area (Å²) in [7, 11) is 1.84. The first-order valence-corrected chi connectivity index (χ1v) is 9.98. The van der Waals surface area contributed by atoms with E-state index < -0.39 is 17.7 Å². The summed E-state index contributed by atoms with van der Waals surface area (Å²) < 4.78 is 45.3. The number of hydrogen-bond acceptors (Lipinski definition) is 7. The summed E-state index contributed by atoms with van der Waals surface area (Å²) >= 11 is 0. The van der Waals surface area contributed by atoms with Gasteiger partial charge in [0.1, 0.15) is 18.0 Å². The number of anilines is 2. The second-order valence-electron chi connectivity index (χ2n) is 7.74. The Labute approximate surface area is 187 Å². The standard InChI is InChI=1S/C18H23N5O3.C2HF3O2/c1-14-4-3-5-16(20-14)22-6-7-25-13-18(11-22)12-23(17(24)10-26-18)15-8-19-21(2)9-15;3-2(4,5)1(6)7/h3-5,8-9H,6-7,10-13H2,1-2H3;(H,6,7). The van der Waals surface area contributed by atoms with Crippen LogP contribution in [0, 0.1) is 6.92 Å². The van der Waals surface area contributed by atoms with Gasteiger partial charge in [-0.3, -0.25) is 9.48 Å². The van der Waals surface area contributed by atoms with Crippen molar-refractivity contribution < 1.29 is 37.3 Å². The highest BCUT2D eigenvalue weighted by Crippen LogP contribution is 2.28. The van der Waals surface area contributed by atoms with Crippen molar-refractivity contribution >= 4 is 23.4 Å². The summed E-state index contributed by atoms with van der Waals surface area (Å²) in [6, 6.07) is 5.98. The first-order valence-electron chi connectivity index (χ1n) is 9.98.